The number of pyridine rings is 1. The summed E-state index contributed by atoms with van der Waals surface area (Å²) in [5, 5.41) is 12.1. The number of carbonyl (C=O) groups is 1. The van der Waals surface area contributed by atoms with Gasteiger partial charge in [-0.05, 0) is 43.3 Å². The molecule has 2 amide bonds. The van der Waals surface area contributed by atoms with E-state index in [0.717, 1.165) is 36.9 Å². The van der Waals surface area contributed by atoms with Crippen molar-refractivity contribution in [1.29, 1.82) is 0 Å². The highest BCUT2D eigenvalue weighted by atomic mass is 35.5. The Balaban J connectivity index is 1.21. The molecule has 0 aliphatic carbocycles. The van der Waals surface area contributed by atoms with Gasteiger partial charge in [-0.15, -0.1) is 10.2 Å². The zero-order valence-corrected chi connectivity index (χ0v) is 17.6. The number of aromatic nitrogens is 3. The van der Waals surface area contributed by atoms with Gasteiger partial charge in [0.25, 0.3) is 0 Å². The van der Waals surface area contributed by atoms with Crippen LogP contribution in [0.1, 0.15) is 18.8 Å². The maximum Gasteiger partial charge on any atom is 0.318 e. The largest absolute Gasteiger partial charge is 0.492 e. The van der Waals surface area contributed by atoms with Crippen LogP contribution in [0.4, 0.5) is 4.79 Å². The predicted octanol–water partition coefficient (Wildman–Crippen LogP) is 2.85. The molecule has 1 aliphatic rings. The van der Waals surface area contributed by atoms with Crippen LogP contribution in [0.15, 0.2) is 48.7 Å². The van der Waals surface area contributed by atoms with E-state index in [9.17, 15) is 4.79 Å². The Morgan fingerprint density at radius 1 is 1.13 bits per heavy atom. The number of fused-ring (bicyclic) bond motifs is 1. The van der Waals surface area contributed by atoms with Crippen molar-refractivity contribution >= 4 is 23.3 Å². The number of hydrogen-bond acceptors (Lipinski definition) is 5. The molecule has 158 valence electrons. The number of nitrogens with one attached hydrogen (secondary N) is 1. The number of urea groups is 1. The van der Waals surface area contributed by atoms with Gasteiger partial charge in [-0.3, -0.25) is 9.30 Å². The lowest BCUT2D eigenvalue weighted by Crippen LogP contribution is -2.52. The van der Waals surface area contributed by atoms with Crippen molar-refractivity contribution in [1.82, 2.24) is 29.7 Å². The second-order valence-corrected chi connectivity index (χ2v) is 7.73. The monoisotopic (exact) mass is 428 g/mol. The molecule has 1 atom stereocenters. The molecule has 0 radical (unpaired) electrons. The molecular weight excluding hydrogens is 404 g/mol. The third kappa shape index (κ3) is 4.83. The fourth-order valence-corrected chi connectivity index (χ4v) is 3.62. The number of piperazine rings is 1. The van der Waals surface area contributed by atoms with Gasteiger partial charge in [0.15, 0.2) is 11.5 Å². The molecule has 1 aliphatic heterocycles. The molecule has 9 heteroatoms. The highest BCUT2D eigenvalue weighted by Gasteiger charge is 2.23. The molecule has 1 N–H and O–H groups in total. The van der Waals surface area contributed by atoms with Crippen molar-refractivity contribution in [2.45, 2.75) is 13.0 Å². The first-order valence-corrected chi connectivity index (χ1v) is 10.4. The summed E-state index contributed by atoms with van der Waals surface area (Å²) in [6.45, 7) is 6.34. The van der Waals surface area contributed by atoms with E-state index < -0.39 is 0 Å². The molecule has 3 heterocycles. The quantitative estimate of drug-likeness (QED) is 0.653. The second kappa shape index (κ2) is 9.32. The van der Waals surface area contributed by atoms with Crippen LogP contribution in [0.3, 0.4) is 0 Å². The predicted molar refractivity (Wildman–Crippen MR) is 115 cm³/mol. The topological polar surface area (TPSA) is 75.0 Å². The standard InChI is InChI=1S/C21H25ClN6O2/c1-16(20-25-24-19-4-2-3-9-28(19)20)23-21(29)27-12-10-26(11-13-27)14-15-30-18-7-5-17(22)6-8-18/h2-9,16H,10-15H2,1H3,(H,23,29). The van der Waals surface area contributed by atoms with Gasteiger partial charge in [-0.25, -0.2) is 4.79 Å². The van der Waals surface area contributed by atoms with Crippen LogP contribution in [0.25, 0.3) is 5.65 Å². The van der Waals surface area contributed by atoms with Crippen molar-refractivity contribution in [2.24, 2.45) is 0 Å². The van der Waals surface area contributed by atoms with E-state index in [1.165, 1.54) is 0 Å². The lowest BCUT2D eigenvalue weighted by atomic mass is 10.3. The smallest absolute Gasteiger partial charge is 0.318 e. The average molecular weight is 429 g/mol. The van der Waals surface area contributed by atoms with E-state index in [2.05, 4.69) is 20.4 Å². The fourth-order valence-electron chi connectivity index (χ4n) is 3.49. The Hall–Kier alpha value is -2.84. The van der Waals surface area contributed by atoms with Crippen molar-refractivity contribution in [3.05, 3.63) is 59.5 Å². The normalized spacial score (nSPS) is 15.9. The summed E-state index contributed by atoms with van der Waals surface area (Å²) in [4.78, 5) is 16.8. The summed E-state index contributed by atoms with van der Waals surface area (Å²) in [6.07, 6.45) is 1.90. The van der Waals surface area contributed by atoms with Gasteiger partial charge >= 0.3 is 6.03 Å². The van der Waals surface area contributed by atoms with Gasteiger partial charge in [-0.2, -0.15) is 0 Å². The summed E-state index contributed by atoms with van der Waals surface area (Å²) < 4.78 is 7.65. The van der Waals surface area contributed by atoms with Gasteiger partial charge in [0, 0.05) is 43.9 Å². The fraction of sp³-hybridized carbons (Fsp3) is 0.381. The summed E-state index contributed by atoms with van der Waals surface area (Å²) in [7, 11) is 0. The zero-order chi connectivity index (χ0) is 20.9. The summed E-state index contributed by atoms with van der Waals surface area (Å²) in [5.74, 6) is 1.53. The van der Waals surface area contributed by atoms with Gasteiger partial charge in [0.2, 0.25) is 0 Å². The van der Waals surface area contributed by atoms with Crippen LogP contribution in [0.5, 0.6) is 5.75 Å². The van der Waals surface area contributed by atoms with E-state index in [1.54, 1.807) is 0 Å². The summed E-state index contributed by atoms with van der Waals surface area (Å²) >= 11 is 5.88. The second-order valence-electron chi connectivity index (χ2n) is 7.29. The van der Waals surface area contributed by atoms with Crippen LogP contribution in [-0.2, 0) is 0 Å². The van der Waals surface area contributed by atoms with Gasteiger partial charge < -0.3 is 15.0 Å². The van der Waals surface area contributed by atoms with E-state index in [-0.39, 0.29) is 12.1 Å². The van der Waals surface area contributed by atoms with E-state index >= 15 is 0 Å². The van der Waals surface area contributed by atoms with Gasteiger partial charge in [-0.1, -0.05) is 17.7 Å². The molecule has 4 rings (SSSR count). The summed E-state index contributed by atoms with van der Waals surface area (Å²) in [6, 6.07) is 12.8. The third-order valence-electron chi connectivity index (χ3n) is 5.22. The molecular formula is C21H25ClN6O2. The first-order valence-electron chi connectivity index (χ1n) is 10.1. The number of ether oxygens (including phenoxy) is 1. The van der Waals surface area contributed by atoms with Crippen molar-refractivity contribution in [3.63, 3.8) is 0 Å². The van der Waals surface area contributed by atoms with E-state index in [4.69, 9.17) is 16.3 Å². The first kappa shape index (κ1) is 20.4. The first-order chi connectivity index (χ1) is 14.6. The molecule has 0 saturated carbocycles. The van der Waals surface area contributed by atoms with Gasteiger partial charge in [0.1, 0.15) is 12.4 Å². The van der Waals surface area contributed by atoms with Crippen LogP contribution in [0, 0.1) is 0 Å². The van der Waals surface area contributed by atoms with Crippen molar-refractivity contribution < 1.29 is 9.53 Å². The zero-order valence-electron chi connectivity index (χ0n) is 16.9. The number of amides is 2. The Kier molecular flexibility index (Phi) is 6.35. The number of nitrogens with zero attached hydrogens (tertiary/aromatic N) is 5. The Bertz CT molecular complexity index is 985. The molecule has 2 aromatic heterocycles. The molecule has 1 fully saturated rings. The minimum atomic E-state index is -0.235. The van der Waals surface area contributed by atoms with E-state index in [0.29, 0.717) is 24.7 Å². The lowest BCUT2D eigenvalue weighted by Gasteiger charge is -2.35. The molecule has 8 nitrogen and oxygen atoms in total. The maximum atomic E-state index is 12.7. The average Bonchev–Trinajstić information content (AvgIpc) is 3.20. The molecule has 0 spiro atoms. The number of rotatable bonds is 6. The number of hydrogen-bond donors (Lipinski definition) is 1. The Morgan fingerprint density at radius 2 is 1.90 bits per heavy atom. The number of benzene rings is 1. The third-order valence-corrected chi connectivity index (χ3v) is 5.47. The lowest BCUT2D eigenvalue weighted by molar-refractivity contribution is 0.124. The number of halogens is 1. The minimum absolute atomic E-state index is 0.0766. The highest BCUT2D eigenvalue weighted by Crippen LogP contribution is 2.16. The van der Waals surface area contributed by atoms with Crippen LogP contribution in [-0.4, -0.2) is 69.8 Å². The number of carbonyl (C=O) groups excluding carboxylic acids is 1. The van der Waals surface area contributed by atoms with Gasteiger partial charge in [0.05, 0.1) is 6.04 Å². The van der Waals surface area contributed by atoms with Crippen LogP contribution in [0.2, 0.25) is 5.02 Å². The van der Waals surface area contributed by atoms with Crippen molar-refractivity contribution in [3.8, 4) is 5.75 Å². The molecule has 1 unspecified atom stereocenters. The molecule has 1 saturated heterocycles. The minimum Gasteiger partial charge on any atom is -0.492 e. The van der Waals surface area contributed by atoms with Crippen molar-refractivity contribution in [2.75, 3.05) is 39.3 Å². The van der Waals surface area contributed by atoms with Crippen LogP contribution < -0.4 is 10.1 Å². The Labute approximate surface area is 180 Å². The maximum absolute atomic E-state index is 12.7. The summed E-state index contributed by atoms with van der Waals surface area (Å²) in [5.41, 5.74) is 0.767. The molecule has 0 bridgehead atoms. The Morgan fingerprint density at radius 3 is 2.67 bits per heavy atom. The molecule has 3 aromatic rings. The highest BCUT2D eigenvalue weighted by molar-refractivity contribution is 6.30. The molecule has 1 aromatic carbocycles. The SMILES string of the molecule is CC(NC(=O)N1CCN(CCOc2ccc(Cl)cc2)CC1)c1nnc2ccccn12. The molecule has 30 heavy (non-hydrogen) atoms. The van der Waals surface area contributed by atoms with Crippen LogP contribution >= 0.6 is 11.6 Å². The van der Waals surface area contributed by atoms with E-state index in [1.807, 2.05) is 64.9 Å².